The Morgan fingerprint density at radius 3 is 2.72 bits per heavy atom. The first-order valence-corrected chi connectivity index (χ1v) is 6.30. The summed E-state index contributed by atoms with van der Waals surface area (Å²) >= 11 is 0. The van der Waals surface area contributed by atoms with E-state index in [0.717, 1.165) is 25.1 Å². The highest BCUT2D eigenvalue weighted by molar-refractivity contribution is 14.0. The summed E-state index contributed by atoms with van der Waals surface area (Å²) in [5.41, 5.74) is 8.12. The van der Waals surface area contributed by atoms with Crippen molar-refractivity contribution >= 4 is 35.6 Å². The van der Waals surface area contributed by atoms with Crippen LogP contribution in [0, 0.1) is 0 Å². The van der Waals surface area contributed by atoms with Gasteiger partial charge in [0.2, 0.25) is 0 Å². The molecule has 0 spiro atoms. The molecule has 0 heterocycles. The molecule has 0 bridgehead atoms. The number of hydrogen-bond acceptors (Lipinski definition) is 1. The molecule has 0 aliphatic rings. The molecule has 3 nitrogen and oxygen atoms in total. The molecule has 1 rings (SSSR count). The van der Waals surface area contributed by atoms with Gasteiger partial charge in [-0.2, -0.15) is 0 Å². The van der Waals surface area contributed by atoms with Crippen molar-refractivity contribution in [3.8, 4) is 0 Å². The summed E-state index contributed by atoms with van der Waals surface area (Å²) in [5.74, 6) is 1.02. The van der Waals surface area contributed by atoms with E-state index in [1.807, 2.05) is 12.1 Å². The molecule has 0 atom stereocenters. The molecule has 0 aliphatic carbocycles. The quantitative estimate of drug-likeness (QED) is 0.361. The average Bonchev–Trinajstić information content (AvgIpc) is 2.29. The zero-order valence-electron chi connectivity index (χ0n) is 11.4. The van der Waals surface area contributed by atoms with Gasteiger partial charge >= 0.3 is 0 Å². The van der Waals surface area contributed by atoms with Gasteiger partial charge in [-0.1, -0.05) is 39.3 Å². The van der Waals surface area contributed by atoms with Gasteiger partial charge in [-0.25, -0.2) is 0 Å². The van der Waals surface area contributed by atoms with Crippen molar-refractivity contribution in [2.24, 2.45) is 10.7 Å². The second-order valence-corrected chi connectivity index (χ2v) is 4.53. The normalized spacial score (nSPS) is 11.2. The van der Waals surface area contributed by atoms with E-state index >= 15 is 0 Å². The molecule has 1 aromatic rings. The van der Waals surface area contributed by atoms with Crippen LogP contribution in [0.3, 0.4) is 0 Å². The van der Waals surface area contributed by atoms with E-state index in [0.29, 0.717) is 11.9 Å². The molecule has 0 aliphatic heterocycles. The van der Waals surface area contributed by atoms with Crippen LogP contribution < -0.4 is 11.1 Å². The van der Waals surface area contributed by atoms with E-state index in [9.17, 15) is 0 Å². The molecule has 0 unspecified atom stereocenters. The molecule has 0 amide bonds. The third kappa shape index (κ3) is 6.23. The van der Waals surface area contributed by atoms with Crippen molar-refractivity contribution in [2.45, 2.75) is 39.5 Å². The fraction of sp³-hybridized carbons (Fsp3) is 0.500. The predicted octanol–water partition coefficient (Wildman–Crippen LogP) is 3.95. The smallest absolute Gasteiger partial charge is 0.193 e. The fourth-order valence-electron chi connectivity index (χ4n) is 1.52. The van der Waals surface area contributed by atoms with Gasteiger partial charge in [-0.05, 0) is 30.0 Å². The lowest BCUT2D eigenvalue weighted by molar-refractivity contribution is 0.807. The summed E-state index contributed by atoms with van der Waals surface area (Å²) in [6.07, 6.45) is 2.22. The van der Waals surface area contributed by atoms with E-state index in [2.05, 4.69) is 43.2 Å². The van der Waals surface area contributed by atoms with Gasteiger partial charge in [-0.3, -0.25) is 4.99 Å². The van der Waals surface area contributed by atoms with Gasteiger partial charge in [0.25, 0.3) is 0 Å². The van der Waals surface area contributed by atoms with Crippen LogP contribution in [-0.2, 0) is 0 Å². The Balaban J connectivity index is 0.00000289. The maximum Gasteiger partial charge on any atom is 0.193 e. The van der Waals surface area contributed by atoms with E-state index in [-0.39, 0.29) is 24.0 Å². The summed E-state index contributed by atoms with van der Waals surface area (Å²) in [6.45, 7) is 7.29. The van der Waals surface area contributed by atoms with Crippen molar-refractivity contribution < 1.29 is 0 Å². The Kier molecular flexibility index (Phi) is 8.79. The number of halogens is 1. The lowest BCUT2D eigenvalue weighted by atomic mass is 10.0. The second-order valence-electron chi connectivity index (χ2n) is 4.53. The minimum absolute atomic E-state index is 0. The van der Waals surface area contributed by atoms with E-state index in [1.165, 1.54) is 5.56 Å². The largest absolute Gasteiger partial charge is 0.370 e. The van der Waals surface area contributed by atoms with Crippen molar-refractivity contribution in [2.75, 3.05) is 11.9 Å². The van der Waals surface area contributed by atoms with Gasteiger partial charge in [0.15, 0.2) is 5.96 Å². The maximum atomic E-state index is 5.81. The van der Waals surface area contributed by atoms with Gasteiger partial charge in [0.05, 0.1) is 0 Å². The van der Waals surface area contributed by atoms with Crippen LogP contribution in [0.5, 0.6) is 0 Å². The Morgan fingerprint density at radius 1 is 1.39 bits per heavy atom. The molecule has 4 heteroatoms. The number of nitrogens with two attached hydrogens (primary N) is 1. The van der Waals surface area contributed by atoms with Gasteiger partial charge in [0.1, 0.15) is 0 Å². The molecule has 102 valence electrons. The number of hydrogen-bond donors (Lipinski definition) is 2. The van der Waals surface area contributed by atoms with E-state index < -0.39 is 0 Å². The fourth-order valence-corrected chi connectivity index (χ4v) is 1.52. The van der Waals surface area contributed by atoms with Crippen LogP contribution in [0.25, 0.3) is 0 Å². The zero-order chi connectivity index (χ0) is 12.7. The Bertz CT molecular complexity index is 375. The van der Waals surface area contributed by atoms with Gasteiger partial charge < -0.3 is 11.1 Å². The monoisotopic (exact) mass is 361 g/mol. The number of unbranched alkanes of at least 4 members (excludes halogenated alkanes) is 1. The summed E-state index contributed by atoms with van der Waals surface area (Å²) in [4.78, 5) is 4.27. The molecule has 0 saturated heterocycles. The standard InChI is InChI=1S/C14H23N3.HI/c1-4-5-9-16-14(15)17-13-8-6-7-12(10-13)11(2)3;/h6-8,10-11H,4-5,9H2,1-3H3,(H3,15,16,17);1H. The number of aliphatic imine (C=N–C) groups is 1. The summed E-state index contributed by atoms with van der Waals surface area (Å²) < 4.78 is 0. The van der Waals surface area contributed by atoms with Crippen molar-refractivity contribution in [1.29, 1.82) is 0 Å². The third-order valence-corrected chi connectivity index (χ3v) is 2.62. The van der Waals surface area contributed by atoms with Crippen molar-refractivity contribution in [1.82, 2.24) is 0 Å². The summed E-state index contributed by atoms with van der Waals surface area (Å²) in [7, 11) is 0. The molecular formula is C14H24IN3. The Morgan fingerprint density at radius 2 is 2.11 bits per heavy atom. The number of nitrogens with one attached hydrogen (secondary N) is 1. The molecule has 0 saturated carbocycles. The molecule has 18 heavy (non-hydrogen) atoms. The average molecular weight is 361 g/mol. The zero-order valence-corrected chi connectivity index (χ0v) is 13.8. The summed E-state index contributed by atoms with van der Waals surface area (Å²) in [5, 5.41) is 3.12. The van der Waals surface area contributed by atoms with Crippen LogP contribution in [0.2, 0.25) is 0 Å². The lowest BCUT2D eigenvalue weighted by Crippen LogP contribution is -2.22. The highest BCUT2D eigenvalue weighted by Gasteiger charge is 2.00. The first-order valence-electron chi connectivity index (χ1n) is 6.30. The Hall–Kier alpha value is -0.780. The SMILES string of the molecule is CCCCN=C(N)Nc1cccc(C(C)C)c1.I. The number of anilines is 1. The minimum atomic E-state index is 0. The molecule has 0 aromatic heterocycles. The molecule has 3 N–H and O–H groups in total. The van der Waals surface area contributed by atoms with Crippen LogP contribution in [0.15, 0.2) is 29.3 Å². The van der Waals surface area contributed by atoms with Gasteiger partial charge in [-0.15, -0.1) is 24.0 Å². The topological polar surface area (TPSA) is 50.4 Å². The van der Waals surface area contributed by atoms with Gasteiger partial charge in [0, 0.05) is 12.2 Å². The number of benzene rings is 1. The van der Waals surface area contributed by atoms with Crippen LogP contribution in [0.1, 0.15) is 45.1 Å². The van der Waals surface area contributed by atoms with Crippen molar-refractivity contribution in [3.63, 3.8) is 0 Å². The first kappa shape index (κ1) is 17.2. The predicted molar refractivity (Wildman–Crippen MR) is 91.0 cm³/mol. The van der Waals surface area contributed by atoms with E-state index in [4.69, 9.17) is 5.73 Å². The second kappa shape index (κ2) is 9.19. The van der Waals surface area contributed by atoms with Crippen LogP contribution in [0.4, 0.5) is 5.69 Å². The molecular weight excluding hydrogens is 337 g/mol. The maximum absolute atomic E-state index is 5.81. The lowest BCUT2D eigenvalue weighted by Gasteiger charge is -2.09. The highest BCUT2D eigenvalue weighted by Crippen LogP contribution is 2.18. The molecule has 1 aromatic carbocycles. The number of rotatable bonds is 5. The van der Waals surface area contributed by atoms with Crippen LogP contribution >= 0.6 is 24.0 Å². The highest BCUT2D eigenvalue weighted by atomic mass is 127. The first-order chi connectivity index (χ1) is 8.13. The van der Waals surface area contributed by atoms with Crippen molar-refractivity contribution in [3.05, 3.63) is 29.8 Å². The van der Waals surface area contributed by atoms with Crippen LogP contribution in [-0.4, -0.2) is 12.5 Å². The molecule has 0 fully saturated rings. The number of nitrogens with zero attached hydrogens (tertiary/aromatic N) is 1. The Labute approximate surface area is 127 Å². The van der Waals surface area contributed by atoms with E-state index in [1.54, 1.807) is 0 Å². The minimum Gasteiger partial charge on any atom is -0.370 e. The summed E-state index contributed by atoms with van der Waals surface area (Å²) in [6, 6.07) is 8.29. The number of guanidine groups is 1. The molecule has 0 radical (unpaired) electrons. The third-order valence-electron chi connectivity index (χ3n) is 2.62.